The van der Waals surface area contributed by atoms with E-state index in [1.807, 2.05) is 31.2 Å². The van der Waals surface area contributed by atoms with Crippen molar-refractivity contribution in [3.8, 4) is 5.75 Å². The van der Waals surface area contributed by atoms with Crippen LogP contribution in [0.1, 0.15) is 23.7 Å². The summed E-state index contributed by atoms with van der Waals surface area (Å²) in [6.07, 6.45) is 0.663. The zero-order valence-electron chi connectivity index (χ0n) is 23.2. The molecule has 3 aromatic rings. The molecule has 0 atom stereocenters. The van der Waals surface area contributed by atoms with E-state index in [4.69, 9.17) is 9.47 Å². The van der Waals surface area contributed by atoms with Crippen molar-refractivity contribution in [3.05, 3.63) is 77.9 Å². The number of amides is 3. The van der Waals surface area contributed by atoms with Crippen molar-refractivity contribution in [1.82, 2.24) is 5.32 Å². The second kappa shape index (κ2) is 14.3. The Morgan fingerprint density at radius 1 is 0.902 bits per heavy atom. The van der Waals surface area contributed by atoms with Crippen LogP contribution in [0.2, 0.25) is 0 Å². The maximum Gasteiger partial charge on any atom is 0.323 e. The van der Waals surface area contributed by atoms with E-state index in [1.54, 1.807) is 25.3 Å². The molecule has 0 unspecified atom stereocenters. The van der Waals surface area contributed by atoms with E-state index in [0.29, 0.717) is 56.6 Å². The van der Waals surface area contributed by atoms with Gasteiger partial charge in [0.2, 0.25) is 0 Å². The van der Waals surface area contributed by atoms with Gasteiger partial charge in [0.05, 0.1) is 24.0 Å². The summed E-state index contributed by atoms with van der Waals surface area (Å²) in [5.41, 5.74) is 2.34. The smallest absolute Gasteiger partial charge is 0.323 e. The van der Waals surface area contributed by atoms with Gasteiger partial charge in [0.1, 0.15) is 17.4 Å². The molecular weight excluding hydrogens is 532 g/mol. The Balaban J connectivity index is 1.49. The molecule has 3 amide bonds. The lowest BCUT2D eigenvalue weighted by molar-refractivity contribution is 0.0944. The summed E-state index contributed by atoms with van der Waals surface area (Å²) in [6.45, 7) is 6.27. The predicted octanol–water partition coefficient (Wildman–Crippen LogP) is 5.10. The van der Waals surface area contributed by atoms with Gasteiger partial charge in [0.15, 0.2) is 0 Å². The van der Waals surface area contributed by atoms with Gasteiger partial charge in [-0.1, -0.05) is 12.1 Å². The fourth-order valence-corrected chi connectivity index (χ4v) is 4.64. The van der Waals surface area contributed by atoms with E-state index in [0.717, 1.165) is 42.3 Å². The van der Waals surface area contributed by atoms with Crippen LogP contribution in [0.15, 0.2) is 60.7 Å². The van der Waals surface area contributed by atoms with Crippen molar-refractivity contribution in [3.63, 3.8) is 0 Å². The number of benzene rings is 3. The van der Waals surface area contributed by atoms with Crippen LogP contribution >= 0.6 is 0 Å². The number of para-hydroxylation sites is 2. The first-order chi connectivity index (χ1) is 19.9. The minimum absolute atomic E-state index is 0.166. The number of carbonyl (C=O) groups excluding carboxylic acids is 2. The molecule has 0 aromatic heterocycles. The number of anilines is 4. The molecule has 1 aliphatic rings. The predicted molar refractivity (Wildman–Crippen MR) is 156 cm³/mol. The van der Waals surface area contributed by atoms with Crippen LogP contribution in [-0.4, -0.2) is 65.0 Å². The SMILES string of the molecule is CCOCCCNC(=O)c1cc(NC(=O)Nc2ccc(F)cc2F)ccc1N1CCN(c2ccccc2OC)CC1. The molecule has 0 radical (unpaired) electrons. The number of urea groups is 1. The summed E-state index contributed by atoms with van der Waals surface area (Å²) in [6, 6.07) is 15.1. The van der Waals surface area contributed by atoms with Crippen molar-refractivity contribution in [2.45, 2.75) is 13.3 Å². The van der Waals surface area contributed by atoms with Gasteiger partial charge in [-0.2, -0.15) is 0 Å². The fourth-order valence-electron chi connectivity index (χ4n) is 4.64. The molecule has 11 heteroatoms. The summed E-state index contributed by atoms with van der Waals surface area (Å²) in [5, 5.41) is 7.93. The zero-order valence-corrected chi connectivity index (χ0v) is 23.2. The third kappa shape index (κ3) is 7.85. The number of halogens is 2. The van der Waals surface area contributed by atoms with E-state index >= 15 is 0 Å². The fraction of sp³-hybridized carbons (Fsp3) is 0.333. The number of nitrogens with one attached hydrogen (secondary N) is 3. The average molecular weight is 568 g/mol. The highest BCUT2D eigenvalue weighted by Crippen LogP contribution is 2.31. The molecule has 1 aliphatic heterocycles. The Hall–Kier alpha value is -4.38. The summed E-state index contributed by atoms with van der Waals surface area (Å²) in [7, 11) is 1.65. The van der Waals surface area contributed by atoms with Crippen molar-refractivity contribution in [2.24, 2.45) is 0 Å². The number of hydrogen-bond donors (Lipinski definition) is 3. The molecule has 41 heavy (non-hydrogen) atoms. The first-order valence-corrected chi connectivity index (χ1v) is 13.6. The van der Waals surface area contributed by atoms with Gasteiger partial charge in [0.25, 0.3) is 5.91 Å². The molecule has 3 aromatic carbocycles. The summed E-state index contributed by atoms with van der Waals surface area (Å²) in [4.78, 5) is 30.2. The van der Waals surface area contributed by atoms with Crippen molar-refractivity contribution >= 4 is 34.7 Å². The maximum absolute atomic E-state index is 14.0. The molecule has 218 valence electrons. The first kappa shape index (κ1) is 29.6. The maximum atomic E-state index is 14.0. The quantitative estimate of drug-likeness (QED) is 0.279. The van der Waals surface area contributed by atoms with Crippen molar-refractivity contribution in [1.29, 1.82) is 0 Å². The number of nitrogens with zero attached hydrogens (tertiary/aromatic N) is 2. The Morgan fingerprint density at radius 2 is 1.63 bits per heavy atom. The van der Waals surface area contributed by atoms with E-state index in [1.165, 1.54) is 0 Å². The number of carbonyl (C=O) groups is 2. The molecular formula is C30H35F2N5O4. The molecule has 1 fully saturated rings. The van der Waals surface area contributed by atoms with Gasteiger partial charge in [-0.05, 0) is 55.8 Å². The molecule has 0 bridgehead atoms. The van der Waals surface area contributed by atoms with Crippen molar-refractivity contribution < 1.29 is 27.8 Å². The van der Waals surface area contributed by atoms with Crippen LogP contribution in [0, 0.1) is 11.6 Å². The molecule has 0 spiro atoms. The second-order valence-corrected chi connectivity index (χ2v) is 9.39. The third-order valence-corrected chi connectivity index (χ3v) is 6.68. The molecule has 9 nitrogen and oxygen atoms in total. The monoisotopic (exact) mass is 567 g/mol. The van der Waals surface area contributed by atoms with Crippen LogP contribution < -0.4 is 30.5 Å². The standard InChI is InChI=1S/C30H35F2N5O4/c1-3-41-18-6-13-33-29(38)23-20-22(34-30(39)35-25-11-9-21(31)19-24(25)32)10-12-26(23)36-14-16-37(17-15-36)27-7-4-5-8-28(27)40-2/h4-5,7-12,19-20H,3,6,13-18H2,1-2H3,(H,33,38)(H2,34,35,39). The van der Waals surface area contributed by atoms with E-state index < -0.39 is 17.7 Å². The lowest BCUT2D eigenvalue weighted by Gasteiger charge is -2.38. The van der Waals surface area contributed by atoms with Crippen LogP contribution in [0.5, 0.6) is 5.75 Å². The van der Waals surface area contributed by atoms with Crippen LogP contribution in [-0.2, 0) is 4.74 Å². The summed E-state index contributed by atoms with van der Waals surface area (Å²) < 4.78 is 38.1. The summed E-state index contributed by atoms with van der Waals surface area (Å²) >= 11 is 0. The highest BCUT2D eigenvalue weighted by Gasteiger charge is 2.24. The van der Waals surface area contributed by atoms with Gasteiger partial charge in [-0.25, -0.2) is 13.6 Å². The van der Waals surface area contributed by atoms with Gasteiger partial charge in [-0.15, -0.1) is 0 Å². The lowest BCUT2D eigenvalue weighted by Crippen LogP contribution is -2.47. The van der Waals surface area contributed by atoms with E-state index in [2.05, 4.69) is 25.8 Å². The molecule has 4 rings (SSSR count). The lowest BCUT2D eigenvalue weighted by atomic mass is 10.1. The normalized spacial score (nSPS) is 13.1. The summed E-state index contributed by atoms with van der Waals surface area (Å²) in [5.74, 6) is -1.11. The van der Waals surface area contributed by atoms with Crippen LogP contribution in [0.25, 0.3) is 0 Å². The first-order valence-electron chi connectivity index (χ1n) is 13.6. The Bertz CT molecular complexity index is 1350. The number of methoxy groups -OCH3 is 1. The van der Waals surface area contributed by atoms with Crippen LogP contribution in [0.4, 0.5) is 36.3 Å². The second-order valence-electron chi connectivity index (χ2n) is 9.39. The van der Waals surface area contributed by atoms with Gasteiger partial charge >= 0.3 is 6.03 Å². The van der Waals surface area contributed by atoms with Crippen molar-refractivity contribution in [2.75, 3.05) is 73.5 Å². The van der Waals surface area contributed by atoms with Gasteiger partial charge in [-0.3, -0.25) is 4.79 Å². The zero-order chi connectivity index (χ0) is 29.2. The average Bonchev–Trinajstić information content (AvgIpc) is 2.98. The molecule has 0 aliphatic carbocycles. The van der Waals surface area contributed by atoms with Crippen LogP contribution in [0.3, 0.4) is 0 Å². The van der Waals surface area contributed by atoms with E-state index in [-0.39, 0.29) is 11.6 Å². The molecule has 1 heterocycles. The third-order valence-electron chi connectivity index (χ3n) is 6.68. The Kier molecular flexibility index (Phi) is 10.3. The largest absolute Gasteiger partial charge is 0.495 e. The van der Waals surface area contributed by atoms with Gasteiger partial charge in [0, 0.05) is 63.4 Å². The number of rotatable bonds is 11. The molecule has 1 saturated heterocycles. The Labute approximate surface area is 238 Å². The van der Waals surface area contributed by atoms with E-state index in [9.17, 15) is 18.4 Å². The number of hydrogen-bond acceptors (Lipinski definition) is 6. The minimum Gasteiger partial charge on any atom is -0.495 e. The molecule has 0 saturated carbocycles. The number of piperazine rings is 1. The molecule has 3 N–H and O–H groups in total. The van der Waals surface area contributed by atoms with Gasteiger partial charge < -0.3 is 35.2 Å². The number of ether oxygens (including phenoxy) is 2. The highest BCUT2D eigenvalue weighted by atomic mass is 19.1. The topological polar surface area (TPSA) is 95.2 Å². The Morgan fingerprint density at radius 3 is 2.34 bits per heavy atom. The highest BCUT2D eigenvalue weighted by molar-refractivity contribution is 6.04. The minimum atomic E-state index is -0.894.